The zero-order valence-corrected chi connectivity index (χ0v) is 21.7. The second-order valence-corrected chi connectivity index (χ2v) is 11.4. The van der Waals surface area contributed by atoms with E-state index in [1.54, 1.807) is 11.8 Å². The Morgan fingerprint density at radius 3 is 2.54 bits per heavy atom. The Morgan fingerprint density at radius 1 is 1.00 bits per heavy atom. The summed E-state index contributed by atoms with van der Waals surface area (Å²) in [5.41, 5.74) is 7.07. The molecule has 4 aromatic rings. The highest BCUT2D eigenvalue weighted by molar-refractivity contribution is 7.98. The number of anilines is 1. The number of rotatable bonds is 3. The fraction of sp³-hybridized carbons (Fsp3) is 0.276. The number of carbonyl (C=O) groups is 1. The van der Waals surface area contributed by atoms with E-state index in [1.165, 1.54) is 44.3 Å². The number of benzene rings is 2. The van der Waals surface area contributed by atoms with Crippen LogP contribution in [-0.2, 0) is 19.4 Å². The molecular weight excluding hydrogens is 470 g/mol. The number of hydrogen-bond donors (Lipinski definition) is 1. The summed E-state index contributed by atoms with van der Waals surface area (Å²) in [4.78, 5) is 18.7. The number of aryl methyl sites for hydroxylation is 2. The predicted molar refractivity (Wildman–Crippen MR) is 146 cm³/mol. The van der Waals surface area contributed by atoms with Gasteiger partial charge in [-0.25, -0.2) is 4.79 Å². The first-order valence-electron chi connectivity index (χ1n) is 12.2. The van der Waals surface area contributed by atoms with Crippen molar-refractivity contribution in [1.82, 2.24) is 9.47 Å². The molecule has 35 heavy (non-hydrogen) atoms. The van der Waals surface area contributed by atoms with Crippen LogP contribution in [0.15, 0.2) is 71.8 Å². The first kappa shape index (κ1) is 22.5. The summed E-state index contributed by atoms with van der Waals surface area (Å²) < 4.78 is 2.34. The topological polar surface area (TPSA) is 37.3 Å². The second-order valence-electron chi connectivity index (χ2n) is 9.40. The highest BCUT2D eigenvalue weighted by atomic mass is 32.2. The quantitative estimate of drug-likeness (QED) is 0.295. The second kappa shape index (κ2) is 9.25. The van der Waals surface area contributed by atoms with Crippen LogP contribution < -0.4 is 5.32 Å². The minimum Gasteiger partial charge on any atom is -0.310 e. The lowest BCUT2D eigenvalue weighted by Crippen LogP contribution is -2.38. The Hall–Kier alpha value is -2.96. The van der Waals surface area contributed by atoms with E-state index < -0.39 is 0 Å². The van der Waals surface area contributed by atoms with Crippen molar-refractivity contribution in [2.75, 3.05) is 11.6 Å². The molecule has 0 bridgehead atoms. The lowest BCUT2D eigenvalue weighted by atomic mass is 9.95. The summed E-state index contributed by atoms with van der Waals surface area (Å²) in [6.07, 6.45) is 9.00. The Morgan fingerprint density at radius 2 is 1.77 bits per heavy atom. The molecule has 6 rings (SSSR count). The number of carbonyl (C=O) groups excluding carboxylic acids is 1. The van der Waals surface area contributed by atoms with Crippen molar-refractivity contribution in [2.45, 2.75) is 50.1 Å². The maximum atomic E-state index is 13.9. The summed E-state index contributed by atoms with van der Waals surface area (Å²) >= 11 is 3.66. The van der Waals surface area contributed by atoms with Gasteiger partial charge in [0.05, 0.1) is 18.3 Å². The largest absolute Gasteiger partial charge is 0.322 e. The highest BCUT2D eigenvalue weighted by Gasteiger charge is 2.36. The van der Waals surface area contributed by atoms with Crippen LogP contribution in [0.2, 0.25) is 0 Å². The van der Waals surface area contributed by atoms with Gasteiger partial charge in [0.15, 0.2) is 0 Å². The van der Waals surface area contributed by atoms with Crippen LogP contribution in [0.3, 0.4) is 0 Å². The van der Waals surface area contributed by atoms with E-state index in [4.69, 9.17) is 0 Å². The Bertz CT molecular complexity index is 1370. The van der Waals surface area contributed by atoms with Gasteiger partial charge in [-0.2, -0.15) is 0 Å². The van der Waals surface area contributed by atoms with E-state index in [0.29, 0.717) is 6.54 Å². The number of thiophene rings is 1. The minimum atomic E-state index is -0.176. The van der Waals surface area contributed by atoms with E-state index in [2.05, 4.69) is 65.7 Å². The number of thioether (sulfide) groups is 1. The lowest BCUT2D eigenvalue weighted by molar-refractivity contribution is 0.194. The van der Waals surface area contributed by atoms with Gasteiger partial charge in [0.25, 0.3) is 0 Å². The maximum absolute atomic E-state index is 13.9. The monoisotopic (exact) mass is 499 g/mol. The number of hydrogen-bond acceptors (Lipinski definition) is 3. The Balaban J connectivity index is 1.48. The molecule has 0 saturated heterocycles. The number of urea groups is 1. The lowest BCUT2D eigenvalue weighted by Gasteiger charge is -2.31. The van der Waals surface area contributed by atoms with Crippen molar-refractivity contribution >= 4 is 34.8 Å². The van der Waals surface area contributed by atoms with Gasteiger partial charge in [-0.3, -0.25) is 0 Å². The number of amides is 2. The van der Waals surface area contributed by atoms with Crippen molar-refractivity contribution in [3.8, 4) is 5.00 Å². The van der Waals surface area contributed by atoms with Crippen molar-refractivity contribution in [2.24, 2.45) is 0 Å². The number of nitrogens with one attached hydrogen (secondary N) is 1. The summed E-state index contributed by atoms with van der Waals surface area (Å²) in [6, 6.07) is 20.7. The molecule has 2 aromatic heterocycles. The first-order chi connectivity index (χ1) is 17.1. The average molecular weight is 500 g/mol. The fourth-order valence-electron chi connectivity index (χ4n) is 5.36. The molecule has 2 aliphatic rings. The first-order valence-corrected chi connectivity index (χ1v) is 14.3. The van der Waals surface area contributed by atoms with E-state index in [-0.39, 0.29) is 12.1 Å². The molecule has 4 nitrogen and oxygen atoms in total. The summed E-state index contributed by atoms with van der Waals surface area (Å²) in [7, 11) is 0. The van der Waals surface area contributed by atoms with Crippen LogP contribution in [-0.4, -0.2) is 21.8 Å². The molecule has 0 unspecified atom stereocenters. The number of nitrogens with zero attached hydrogens (tertiary/aromatic N) is 2. The van der Waals surface area contributed by atoms with Crippen molar-refractivity contribution in [1.29, 1.82) is 0 Å². The Labute approximate surface area is 215 Å². The van der Waals surface area contributed by atoms with E-state index in [9.17, 15) is 4.79 Å². The van der Waals surface area contributed by atoms with Crippen LogP contribution >= 0.6 is 23.1 Å². The van der Waals surface area contributed by atoms with Gasteiger partial charge in [-0.05, 0) is 86.4 Å². The van der Waals surface area contributed by atoms with Gasteiger partial charge < -0.3 is 14.8 Å². The molecule has 1 aliphatic heterocycles. The Kier molecular flexibility index (Phi) is 5.94. The van der Waals surface area contributed by atoms with Gasteiger partial charge in [-0.1, -0.05) is 29.8 Å². The normalized spacial score (nSPS) is 16.7. The number of fused-ring (bicyclic) bond motifs is 5. The van der Waals surface area contributed by atoms with Crippen molar-refractivity contribution in [3.05, 3.63) is 99.7 Å². The average Bonchev–Trinajstić information content (AvgIpc) is 3.47. The fourth-order valence-corrected chi connectivity index (χ4v) is 7.17. The van der Waals surface area contributed by atoms with Crippen LogP contribution in [0.1, 0.15) is 51.7 Å². The van der Waals surface area contributed by atoms with Crippen LogP contribution in [0.25, 0.3) is 5.00 Å². The smallest absolute Gasteiger partial charge is 0.310 e. The standard InChI is InChI=1S/C29H29N3OS2/c1-19-9-13-21(14-10-19)30-29(33)32-18-24-23-6-3-4-8-26(23)35-28(24)31-17-5-7-25(31)27(32)20-11-15-22(34-2)16-12-20/h5,7,9-17,27H,3-4,6,8,18H2,1-2H3,(H,30,33)/t27-/m0/s1. The van der Waals surface area contributed by atoms with Crippen molar-refractivity contribution < 1.29 is 4.79 Å². The summed E-state index contributed by atoms with van der Waals surface area (Å²) in [5.74, 6) is 0. The van der Waals surface area contributed by atoms with Gasteiger partial charge in [0, 0.05) is 27.2 Å². The van der Waals surface area contributed by atoms with Gasteiger partial charge >= 0.3 is 6.03 Å². The minimum absolute atomic E-state index is 0.0656. The third kappa shape index (κ3) is 4.09. The molecule has 0 fully saturated rings. The van der Waals surface area contributed by atoms with E-state index in [0.717, 1.165) is 29.8 Å². The molecule has 1 atom stereocenters. The van der Waals surface area contributed by atoms with Gasteiger partial charge in [0.2, 0.25) is 0 Å². The molecule has 178 valence electrons. The SMILES string of the molecule is CSc1ccc([C@H]2c3cccn3-c3sc4c(c3CN2C(=O)Nc2ccc(C)cc2)CCCC4)cc1. The summed E-state index contributed by atoms with van der Waals surface area (Å²) in [6.45, 7) is 2.67. The highest BCUT2D eigenvalue weighted by Crippen LogP contribution is 2.44. The van der Waals surface area contributed by atoms with Crippen LogP contribution in [0.5, 0.6) is 0 Å². The number of aromatic nitrogens is 1. The summed E-state index contributed by atoms with van der Waals surface area (Å²) in [5, 5.41) is 4.48. The van der Waals surface area contributed by atoms with Crippen molar-refractivity contribution in [3.63, 3.8) is 0 Å². The van der Waals surface area contributed by atoms with Crippen LogP contribution in [0.4, 0.5) is 10.5 Å². The molecule has 0 spiro atoms. The van der Waals surface area contributed by atoms with Gasteiger partial charge in [0.1, 0.15) is 5.00 Å². The zero-order chi connectivity index (χ0) is 23.9. The predicted octanol–water partition coefficient (Wildman–Crippen LogP) is 7.59. The molecule has 2 aromatic carbocycles. The molecule has 1 N–H and O–H groups in total. The molecule has 2 amide bonds. The molecular formula is C29H29N3OS2. The molecule has 1 aliphatic carbocycles. The molecule has 0 radical (unpaired) electrons. The third-order valence-corrected chi connectivity index (χ3v) is 9.25. The maximum Gasteiger partial charge on any atom is 0.322 e. The molecule has 6 heteroatoms. The van der Waals surface area contributed by atoms with Crippen LogP contribution in [0, 0.1) is 6.92 Å². The van der Waals surface area contributed by atoms with E-state index >= 15 is 0 Å². The van der Waals surface area contributed by atoms with E-state index in [1.807, 2.05) is 40.5 Å². The molecule has 3 heterocycles. The molecule has 0 saturated carbocycles. The zero-order valence-electron chi connectivity index (χ0n) is 20.1. The third-order valence-electron chi connectivity index (χ3n) is 7.17. The van der Waals surface area contributed by atoms with Gasteiger partial charge in [-0.15, -0.1) is 23.1 Å².